The van der Waals surface area contributed by atoms with Gasteiger partial charge < -0.3 is 19.7 Å². The van der Waals surface area contributed by atoms with Gasteiger partial charge in [-0.2, -0.15) is 5.10 Å². The Morgan fingerprint density at radius 2 is 1.38 bits per heavy atom. The molecule has 8 nitrogen and oxygen atoms in total. The second kappa shape index (κ2) is 15.2. The van der Waals surface area contributed by atoms with Crippen LogP contribution in [0.5, 0.6) is 5.75 Å². The molecular formula is C44H40F4N4O4. The molecule has 0 saturated carbocycles. The molecular weight excluding hydrogens is 725 g/mol. The van der Waals surface area contributed by atoms with Crippen LogP contribution >= 0.6 is 0 Å². The van der Waals surface area contributed by atoms with Crippen LogP contribution in [0.2, 0.25) is 0 Å². The maximum Gasteiger partial charge on any atom is 0.573 e. The van der Waals surface area contributed by atoms with Gasteiger partial charge in [-0.1, -0.05) is 97.1 Å². The number of benzene rings is 5. The van der Waals surface area contributed by atoms with Gasteiger partial charge in [-0.15, -0.1) is 13.2 Å². The van der Waals surface area contributed by atoms with Gasteiger partial charge in [0.1, 0.15) is 22.7 Å². The Hall–Kier alpha value is -6.17. The Labute approximate surface area is 321 Å². The van der Waals surface area contributed by atoms with E-state index in [1.54, 1.807) is 39.0 Å². The van der Waals surface area contributed by atoms with Crippen LogP contribution in [0.4, 0.5) is 28.2 Å². The van der Waals surface area contributed by atoms with Crippen molar-refractivity contribution < 1.29 is 36.6 Å². The van der Waals surface area contributed by atoms with Gasteiger partial charge in [0, 0.05) is 24.0 Å². The summed E-state index contributed by atoms with van der Waals surface area (Å²) >= 11 is 0. The van der Waals surface area contributed by atoms with Gasteiger partial charge in [-0.05, 0) is 86.2 Å². The molecule has 7 rings (SSSR count). The van der Waals surface area contributed by atoms with Crippen LogP contribution in [0.25, 0.3) is 22.0 Å². The number of amides is 2. The molecule has 56 heavy (non-hydrogen) atoms. The van der Waals surface area contributed by atoms with E-state index >= 15 is 4.39 Å². The highest BCUT2D eigenvalue weighted by Crippen LogP contribution is 2.44. The van der Waals surface area contributed by atoms with E-state index < -0.39 is 41.1 Å². The fourth-order valence-corrected chi connectivity index (χ4v) is 7.36. The average molecular weight is 765 g/mol. The lowest BCUT2D eigenvalue weighted by Gasteiger charge is -2.37. The van der Waals surface area contributed by atoms with Gasteiger partial charge in [0.05, 0.1) is 11.4 Å². The fraction of sp³-hybridized carbons (Fsp3) is 0.250. The Balaban J connectivity index is 1.42. The second-order valence-electron chi connectivity index (χ2n) is 14.7. The molecule has 1 N–H and O–H groups in total. The summed E-state index contributed by atoms with van der Waals surface area (Å²) in [5, 5.41) is 8.60. The molecule has 1 unspecified atom stereocenters. The van der Waals surface area contributed by atoms with Crippen LogP contribution < -0.4 is 10.1 Å². The van der Waals surface area contributed by atoms with Gasteiger partial charge in [0.15, 0.2) is 5.82 Å². The zero-order chi connectivity index (χ0) is 39.7. The van der Waals surface area contributed by atoms with Crippen molar-refractivity contribution in [2.75, 3.05) is 18.4 Å². The second-order valence-corrected chi connectivity index (χ2v) is 14.7. The van der Waals surface area contributed by atoms with Crippen molar-refractivity contribution in [1.82, 2.24) is 14.7 Å². The molecule has 1 aliphatic rings. The fourth-order valence-electron chi connectivity index (χ4n) is 7.36. The molecule has 0 aliphatic carbocycles. The minimum Gasteiger partial charge on any atom is -0.444 e. The minimum absolute atomic E-state index is 0.129. The number of carbonyl (C=O) groups excluding carboxylic acids is 2. The largest absolute Gasteiger partial charge is 0.573 e. The highest BCUT2D eigenvalue weighted by Gasteiger charge is 2.41. The Bertz CT molecular complexity index is 2250. The zero-order valence-corrected chi connectivity index (χ0v) is 31.0. The van der Waals surface area contributed by atoms with E-state index in [9.17, 15) is 22.8 Å². The molecule has 0 bridgehead atoms. The maximum absolute atomic E-state index is 15.4. The molecule has 12 heteroatoms. The number of ether oxygens (including phenoxy) is 2. The van der Waals surface area contributed by atoms with Crippen molar-refractivity contribution in [2.24, 2.45) is 5.92 Å². The first-order valence-corrected chi connectivity index (χ1v) is 18.3. The van der Waals surface area contributed by atoms with E-state index in [4.69, 9.17) is 9.84 Å². The van der Waals surface area contributed by atoms with Crippen molar-refractivity contribution in [3.05, 3.63) is 150 Å². The molecule has 1 atom stereocenters. The van der Waals surface area contributed by atoms with Crippen LogP contribution in [0.3, 0.4) is 0 Å². The molecule has 0 radical (unpaired) electrons. The predicted octanol–water partition coefficient (Wildman–Crippen LogP) is 10.2. The number of aromatic nitrogens is 2. The van der Waals surface area contributed by atoms with E-state index in [-0.39, 0.29) is 29.4 Å². The van der Waals surface area contributed by atoms with Gasteiger partial charge in [0.25, 0.3) is 0 Å². The van der Waals surface area contributed by atoms with Crippen LogP contribution in [0.1, 0.15) is 50.3 Å². The normalized spacial score (nSPS) is 15.1. The topological polar surface area (TPSA) is 85.7 Å². The molecule has 2 amide bonds. The number of nitrogens with zero attached hydrogens (tertiary/aromatic N) is 3. The monoisotopic (exact) mass is 764 g/mol. The minimum atomic E-state index is -4.98. The number of alkyl halides is 3. The van der Waals surface area contributed by atoms with E-state index in [2.05, 4.69) is 10.1 Å². The smallest absolute Gasteiger partial charge is 0.444 e. The number of nitrogens with one attached hydrogen (secondary N) is 1. The number of fused-ring (bicyclic) bond motifs is 1. The van der Waals surface area contributed by atoms with Gasteiger partial charge in [-0.3, -0.25) is 4.79 Å². The summed E-state index contributed by atoms with van der Waals surface area (Å²) in [7, 11) is 0. The quantitative estimate of drug-likeness (QED) is 0.123. The zero-order valence-electron chi connectivity index (χ0n) is 31.0. The number of hydrogen-bond donors (Lipinski definition) is 1. The standard InChI is InChI=1S/C44H40F4N4O4/c1-42(2,3)56-41(54)51-25-13-14-30(28-51)40(53)49-39-36-26-29(35-27-34(22-23-37(35)45)55-44(46,47)48)21-24-38(36)52(50-39)43(31-15-7-4-8-16-31,32-17-9-5-10-18-32)33-19-11-6-12-20-33/h4-12,15-24,26-27,30H,13-14,25,28H2,1-3H3,(H,49,50,53). The molecule has 1 fully saturated rings. The van der Waals surface area contributed by atoms with E-state index in [0.29, 0.717) is 30.3 Å². The van der Waals surface area contributed by atoms with Gasteiger partial charge in [0.2, 0.25) is 5.91 Å². The molecule has 288 valence electrons. The summed E-state index contributed by atoms with van der Waals surface area (Å²) < 4.78 is 66.5. The van der Waals surface area contributed by atoms with Crippen molar-refractivity contribution >= 4 is 28.7 Å². The van der Waals surface area contributed by atoms with E-state index in [0.717, 1.165) is 34.9 Å². The molecule has 2 heterocycles. The van der Waals surface area contributed by atoms with Crippen LogP contribution in [0.15, 0.2) is 127 Å². The summed E-state index contributed by atoms with van der Waals surface area (Å²) in [6.07, 6.45) is -4.41. The number of likely N-dealkylation sites (tertiary alicyclic amines) is 1. The summed E-state index contributed by atoms with van der Waals surface area (Å²) in [6.45, 7) is 5.90. The first-order valence-electron chi connectivity index (χ1n) is 18.3. The SMILES string of the molecule is CC(C)(C)OC(=O)N1CCCC(C(=O)Nc2nn(C(c3ccccc3)(c3ccccc3)c3ccccc3)c3ccc(-c4cc(OC(F)(F)F)ccc4F)cc23)C1. The summed E-state index contributed by atoms with van der Waals surface area (Å²) in [5.74, 6) is -2.19. The number of hydrogen-bond acceptors (Lipinski definition) is 5. The summed E-state index contributed by atoms with van der Waals surface area (Å²) in [4.78, 5) is 28.7. The number of rotatable bonds is 8. The third-order valence-electron chi connectivity index (χ3n) is 9.74. The van der Waals surface area contributed by atoms with Gasteiger partial charge in [-0.25, -0.2) is 13.9 Å². The lowest BCUT2D eigenvalue weighted by molar-refractivity contribution is -0.274. The number of carbonyl (C=O) groups is 2. The molecule has 5 aromatic carbocycles. The first-order chi connectivity index (χ1) is 26.7. The number of piperidine rings is 1. The third-order valence-corrected chi connectivity index (χ3v) is 9.74. The Morgan fingerprint density at radius 1 is 0.786 bits per heavy atom. The predicted molar refractivity (Wildman–Crippen MR) is 206 cm³/mol. The van der Waals surface area contributed by atoms with Crippen molar-refractivity contribution in [1.29, 1.82) is 0 Å². The Morgan fingerprint density at radius 3 is 1.93 bits per heavy atom. The molecule has 1 aromatic heterocycles. The number of halogens is 4. The first kappa shape index (κ1) is 38.1. The lowest BCUT2D eigenvalue weighted by Crippen LogP contribution is -2.45. The average Bonchev–Trinajstić information content (AvgIpc) is 3.53. The van der Waals surface area contributed by atoms with E-state index in [1.165, 1.54) is 4.90 Å². The van der Waals surface area contributed by atoms with Crippen LogP contribution in [-0.4, -0.2) is 51.7 Å². The van der Waals surface area contributed by atoms with Crippen molar-refractivity contribution in [3.63, 3.8) is 0 Å². The summed E-state index contributed by atoms with van der Waals surface area (Å²) in [6, 6.07) is 37.0. The van der Waals surface area contributed by atoms with Gasteiger partial charge >= 0.3 is 12.5 Å². The lowest BCUT2D eigenvalue weighted by atomic mass is 9.77. The molecule has 1 aliphatic heterocycles. The highest BCUT2D eigenvalue weighted by atomic mass is 19.4. The molecule has 1 saturated heterocycles. The third kappa shape index (κ3) is 7.82. The van der Waals surface area contributed by atoms with Crippen molar-refractivity contribution in [3.8, 4) is 16.9 Å². The van der Waals surface area contributed by atoms with Crippen LogP contribution in [-0.2, 0) is 15.1 Å². The van der Waals surface area contributed by atoms with Crippen LogP contribution in [0, 0.1) is 11.7 Å². The highest BCUT2D eigenvalue weighted by molar-refractivity contribution is 6.02. The van der Waals surface area contributed by atoms with E-state index in [1.807, 2.05) is 95.7 Å². The van der Waals surface area contributed by atoms with Crippen molar-refractivity contribution in [2.45, 2.75) is 51.1 Å². The maximum atomic E-state index is 15.4. The summed E-state index contributed by atoms with van der Waals surface area (Å²) in [5.41, 5.74) is 1.37. The Kier molecular flexibility index (Phi) is 10.3. The molecule has 0 spiro atoms. The number of anilines is 1. The molecule has 6 aromatic rings.